The molecule has 0 spiro atoms. The van der Waals surface area contributed by atoms with Gasteiger partial charge in [0, 0.05) is 16.0 Å². The molecule has 23 heavy (non-hydrogen) atoms. The molecule has 3 rings (SSSR count). The van der Waals surface area contributed by atoms with Crippen molar-refractivity contribution in [2.24, 2.45) is 0 Å². The van der Waals surface area contributed by atoms with E-state index in [0.29, 0.717) is 25.9 Å². The minimum absolute atomic E-state index is 0.448. The highest BCUT2D eigenvalue weighted by Gasteiger charge is 2.11. The van der Waals surface area contributed by atoms with Crippen LogP contribution in [-0.4, -0.2) is 12.1 Å². The van der Waals surface area contributed by atoms with Gasteiger partial charge in [-0.2, -0.15) is 0 Å². The fraction of sp³-hybridized carbons (Fsp3) is 0.0625. The Kier molecular flexibility index (Phi) is 4.97. The quantitative estimate of drug-likeness (QED) is 0.555. The number of nitrogens with zero attached hydrogens (tertiary/aromatic N) is 1. The SMILES string of the molecule is COc1ccc(-c2csc(Nc3c(Cl)cc(Cl)cc3Cl)n2)cc1. The standard InChI is InChI=1S/C16H11Cl3N2OS/c1-22-11-4-2-9(3-5-11)14-8-23-16(20-14)21-15-12(18)6-10(17)7-13(15)19/h2-8H,1H3,(H,20,21). The van der Waals surface area contributed by atoms with Crippen LogP contribution in [0.1, 0.15) is 0 Å². The second-order valence-electron chi connectivity index (χ2n) is 4.64. The third-order valence-electron chi connectivity index (χ3n) is 3.13. The number of benzene rings is 2. The highest BCUT2D eigenvalue weighted by molar-refractivity contribution is 7.14. The summed E-state index contributed by atoms with van der Waals surface area (Å²) in [5.41, 5.74) is 2.46. The van der Waals surface area contributed by atoms with E-state index in [2.05, 4.69) is 10.3 Å². The van der Waals surface area contributed by atoms with E-state index in [9.17, 15) is 0 Å². The number of ether oxygens (including phenoxy) is 1. The smallest absolute Gasteiger partial charge is 0.187 e. The molecule has 3 nitrogen and oxygen atoms in total. The maximum absolute atomic E-state index is 6.17. The Morgan fingerprint density at radius 1 is 1.04 bits per heavy atom. The summed E-state index contributed by atoms with van der Waals surface area (Å²) in [4.78, 5) is 4.55. The number of aromatic nitrogens is 1. The Morgan fingerprint density at radius 3 is 2.30 bits per heavy atom. The van der Waals surface area contributed by atoms with Crippen LogP contribution in [-0.2, 0) is 0 Å². The van der Waals surface area contributed by atoms with E-state index in [1.165, 1.54) is 11.3 Å². The zero-order valence-electron chi connectivity index (χ0n) is 11.9. The lowest BCUT2D eigenvalue weighted by Crippen LogP contribution is -1.92. The molecule has 1 aromatic heterocycles. The van der Waals surface area contributed by atoms with Gasteiger partial charge in [-0.1, -0.05) is 34.8 Å². The van der Waals surface area contributed by atoms with Crippen LogP contribution in [0.2, 0.25) is 15.1 Å². The fourth-order valence-corrected chi connectivity index (χ4v) is 3.63. The lowest BCUT2D eigenvalue weighted by Gasteiger charge is -2.08. The first kappa shape index (κ1) is 16.4. The Morgan fingerprint density at radius 2 is 1.70 bits per heavy atom. The van der Waals surface area contributed by atoms with Crippen LogP contribution in [0.3, 0.4) is 0 Å². The van der Waals surface area contributed by atoms with Gasteiger partial charge in [-0.25, -0.2) is 4.98 Å². The first-order chi connectivity index (χ1) is 11.1. The van der Waals surface area contributed by atoms with E-state index in [1.54, 1.807) is 19.2 Å². The molecule has 0 bridgehead atoms. The summed E-state index contributed by atoms with van der Waals surface area (Å²) < 4.78 is 5.15. The predicted molar refractivity (Wildman–Crippen MR) is 98.9 cm³/mol. The average molecular weight is 386 g/mol. The number of hydrogen-bond acceptors (Lipinski definition) is 4. The molecule has 2 aromatic carbocycles. The normalized spacial score (nSPS) is 10.6. The molecule has 0 saturated carbocycles. The molecule has 0 saturated heterocycles. The van der Waals surface area contributed by atoms with Crippen LogP contribution in [0, 0.1) is 0 Å². The molecule has 0 unspecified atom stereocenters. The Labute approximate surface area is 152 Å². The highest BCUT2D eigenvalue weighted by Crippen LogP contribution is 2.37. The molecule has 0 amide bonds. The van der Waals surface area contributed by atoms with Gasteiger partial charge in [0.25, 0.3) is 0 Å². The van der Waals surface area contributed by atoms with Crippen LogP contribution in [0.25, 0.3) is 11.3 Å². The third kappa shape index (κ3) is 3.72. The van der Waals surface area contributed by atoms with Gasteiger partial charge < -0.3 is 10.1 Å². The Bertz CT molecular complexity index is 811. The highest BCUT2D eigenvalue weighted by atomic mass is 35.5. The van der Waals surface area contributed by atoms with E-state index in [0.717, 1.165) is 17.0 Å². The number of methoxy groups -OCH3 is 1. The molecule has 1 N–H and O–H groups in total. The van der Waals surface area contributed by atoms with Gasteiger partial charge in [0.2, 0.25) is 0 Å². The molecular formula is C16H11Cl3N2OS. The molecule has 0 aliphatic carbocycles. The van der Waals surface area contributed by atoms with Gasteiger partial charge in [-0.3, -0.25) is 0 Å². The molecule has 7 heteroatoms. The lowest BCUT2D eigenvalue weighted by atomic mass is 10.2. The summed E-state index contributed by atoms with van der Waals surface area (Å²) in [5, 5.41) is 7.18. The predicted octanol–water partition coefficient (Wildman–Crippen LogP) is 6.52. The summed E-state index contributed by atoms with van der Waals surface area (Å²) >= 11 is 19.7. The van der Waals surface area contributed by atoms with Crippen LogP contribution in [0.4, 0.5) is 10.8 Å². The average Bonchev–Trinajstić information content (AvgIpc) is 2.99. The Balaban J connectivity index is 1.85. The van der Waals surface area contributed by atoms with Crippen molar-refractivity contribution in [1.82, 2.24) is 4.98 Å². The van der Waals surface area contributed by atoms with Crippen LogP contribution in [0.15, 0.2) is 41.8 Å². The number of nitrogens with one attached hydrogen (secondary N) is 1. The monoisotopic (exact) mass is 384 g/mol. The number of thiazole rings is 1. The second kappa shape index (κ2) is 6.97. The van der Waals surface area contributed by atoms with Crippen molar-refractivity contribution in [1.29, 1.82) is 0 Å². The van der Waals surface area contributed by atoms with Crippen LogP contribution >= 0.6 is 46.1 Å². The number of hydrogen-bond donors (Lipinski definition) is 1. The summed E-state index contributed by atoms with van der Waals surface area (Å²) in [6.07, 6.45) is 0. The van der Waals surface area contributed by atoms with Crippen molar-refractivity contribution >= 4 is 57.0 Å². The molecule has 3 aromatic rings. The van der Waals surface area contributed by atoms with Crippen molar-refractivity contribution in [2.75, 3.05) is 12.4 Å². The molecule has 0 fully saturated rings. The topological polar surface area (TPSA) is 34.1 Å². The van der Waals surface area contributed by atoms with Gasteiger partial charge in [-0.05, 0) is 36.4 Å². The zero-order valence-corrected chi connectivity index (χ0v) is 15.0. The summed E-state index contributed by atoms with van der Waals surface area (Å²) in [7, 11) is 1.64. The van der Waals surface area contributed by atoms with Gasteiger partial charge >= 0.3 is 0 Å². The molecule has 1 heterocycles. The van der Waals surface area contributed by atoms with Gasteiger partial charge in [0.15, 0.2) is 5.13 Å². The van der Waals surface area contributed by atoms with Crippen LogP contribution < -0.4 is 10.1 Å². The van der Waals surface area contributed by atoms with Crippen molar-refractivity contribution in [2.45, 2.75) is 0 Å². The van der Waals surface area contributed by atoms with Crippen molar-refractivity contribution in [3.05, 3.63) is 56.8 Å². The summed E-state index contributed by atoms with van der Waals surface area (Å²) in [6, 6.07) is 11.0. The molecule has 0 radical (unpaired) electrons. The van der Waals surface area contributed by atoms with Crippen molar-refractivity contribution < 1.29 is 4.74 Å². The first-order valence-electron chi connectivity index (χ1n) is 6.58. The molecule has 118 valence electrons. The van der Waals surface area contributed by atoms with E-state index >= 15 is 0 Å². The molecule has 0 aliphatic rings. The van der Waals surface area contributed by atoms with E-state index in [1.807, 2.05) is 29.6 Å². The third-order valence-corrected chi connectivity index (χ3v) is 4.70. The number of halogens is 3. The van der Waals surface area contributed by atoms with E-state index < -0.39 is 0 Å². The second-order valence-corrected chi connectivity index (χ2v) is 6.74. The van der Waals surface area contributed by atoms with Gasteiger partial charge in [-0.15, -0.1) is 11.3 Å². The first-order valence-corrected chi connectivity index (χ1v) is 8.59. The van der Waals surface area contributed by atoms with E-state index in [-0.39, 0.29) is 0 Å². The van der Waals surface area contributed by atoms with Crippen molar-refractivity contribution in [3.63, 3.8) is 0 Å². The zero-order chi connectivity index (χ0) is 16.4. The minimum Gasteiger partial charge on any atom is -0.497 e. The minimum atomic E-state index is 0.448. The Hall–Kier alpha value is -1.46. The van der Waals surface area contributed by atoms with Crippen LogP contribution in [0.5, 0.6) is 5.75 Å². The maximum atomic E-state index is 6.17. The number of rotatable bonds is 4. The summed E-state index contributed by atoms with van der Waals surface area (Å²) in [6.45, 7) is 0. The largest absolute Gasteiger partial charge is 0.497 e. The van der Waals surface area contributed by atoms with Crippen molar-refractivity contribution in [3.8, 4) is 17.0 Å². The molecular weight excluding hydrogens is 375 g/mol. The lowest BCUT2D eigenvalue weighted by molar-refractivity contribution is 0.415. The van der Waals surface area contributed by atoms with Gasteiger partial charge in [0.05, 0.1) is 28.5 Å². The summed E-state index contributed by atoms with van der Waals surface area (Å²) in [5.74, 6) is 0.807. The van der Waals surface area contributed by atoms with Gasteiger partial charge in [0.1, 0.15) is 5.75 Å². The molecule has 0 atom stereocenters. The number of anilines is 2. The van der Waals surface area contributed by atoms with E-state index in [4.69, 9.17) is 39.5 Å². The maximum Gasteiger partial charge on any atom is 0.187 e. The fourth-order valence-electron chi connectivity index (χ4n) is 1.99. The molecule has 0 aliphatic heterocycles.